The number of fused-ring (bicyclic) bond motifs is 2. The van der Waals surface area contributed by atoms with Crippen LogP contribution in [0.1, 0.15) is 37.1 Å². The van der Waals surface area contributed by atoms with Crippen LogP contribution in [0, 0.1) is 0 Å². The van der Waals surface area contributed by atoms with Gasteiger partial charge in [-0.1, -0.05) is 93.4 Å². The summed E-state index contributed by atoms with van der Waals surface area (Å²) in [5, 5.41) is 4.96. The summed E-state index contributed by atoms with van der Waals surface area (Å²) >= 11 is 0. The smallest absolute Gasteiger partial charge is 0.0363 e. The van der Waals surface area contributed by atoms with Gasteiger partial charge in [0.05, 0.1) is 0 Å². The number of benzene rings is 4. The van der Waals surface area contributed by atoms with Gasteiger partial charge in [0.25, 0.3) is 0 Å². The molecular formula is C26H26N2OP-. The van der Waals surface area contributed by atoms with Gasteiger partial charge in [0.1, 0.15) is 0 Å². The largest absolute Gasteiger partial charge is 0.806 e. The van der Waals surface area contributed by atoms with E-state index < -0.39 is 8.45 Å². The lowest BCUT2D eigenvalue weighted by Crippen LogP contribution is -2.27. The highest BCUT2D eigenvalue weighted by Gasteiger charge is 2.32. The molecule has 0 bridgehead atoms. The van der Waals surface area contributed by atoms with Crippen molar-refractivity contribution < 1.29 is 4.89 Å². The van der Waals surface area contributed by atoms with E-state index in [-0.39, 0.29) is 12.1 Å². The van der Waals surface area contributed by atoms with Gasteiger partial charge in [0, 0.05) is 25.2 Å². The second kappa shape index (κ2) is 8.09. The van der Waals surface area contributed by atoms with Crippen molar-refractivity contribution in [2.45, 2.75) is 25.9 Å². The SMILES string of the molecule is C[C@H](c1cccc2ccccc12)N1CCN([C@H](C)c2cccc3ccccc23)P1[O-]. The third kappa shape index (κ3) is 3.33. The van der Waals surface area contributed by atoms with Crippen LogP contribution >= 0.6 is 8.45 Å². The molecule has 1 saturated heterocycles. The van der Waals surface area contributed by atoms with Crippen molar-refractivity contribution in [3.8, 4) is 0 Å². The first kappa shape index (κ1) is 19.7. The van der Waals surface area contributed by atoms with Crippen molar-refractivity contribution in [2.75, 3.05) is 13.1 Å². The fraction of sp³-hybridized carbons (Fsp3) is 0.231. The number of nitrogens with zero attached hydrogens (tertiary/aromatic N) is 2. The van der Waals surface area contributed by atoms with Crippen molar-refractivity contribution in [1.29, 1.82) is 0 Å². The minimum Gasteiger partial charge on any atom is -0.806 e. The lowest BCUT2D eigenvalue weighted by Gasteiger charge is -2.41. The topological polar surface area (TPSA) is 29.5 Å². The van der Waals surface area contributed by atoms with Crippen LogP contribution < -0.4 is 4.89 Å². The number of rotatable bonds is 4. The van der Waals surface area contributed by atoms with E-state index in [1.165, 1.54) is 32.7 Å². The van der Waals surface area contributed by atoms with E-state index in [1.54, 1.807) is 0 Å². The molecule has 0 radical (unpaired) electrons. The first-order valence-electron chi connectivity index (χ1n) is 10.6. The van der Waals surface area contributed by atoms with E-state index >= 15 is 0 Å². The molecule has 2 atom stereocenters. The van der Waals surface area contributed by atoms with Crippen molar-refractivity contribution in [1.82, 2.24) is 9.34 Å². The summed E-state index contributed by atoms with van der Waals surface area (Å²) in [7, 11) is -1.61. The molecule has 0 amide bonds. The molecule has 4 heteroatoms. The van der Waals surface area contributed by atoms with Gasteiger partial charge in [-0.2, -0.15) is 0 Å². The van der Waals surface area contributed by atoms with E-state index in [2.05, 4.69) is 108 Å². The average Bonchev–Trinajstić information content (AvgIpc) is 3.18. The molecule has 0 aromatic heterocycles. The van der Waals surface area contributed by atoms with Gasteiger partial charge in [-0.3, -0.25) is 9.34 Å². The zero-order chi connectivity index (χ0) is 20.7. The molecule has 1 aliphatic rings. The number of hydrogen-bond donors (Lipinski definition) is 0. The van der Waals surface area contributed by atoms with E-state index in [9.17, 15) is 4.89 Å². The van der Waals surface area contributed by atoms with Crippen LogP contribution in [-0.4, -0.2) is 22.4 Å². The maximum Gasteiger partial charge on any atom is 0.0363 e. The summed E-state index contributed by atoms with van der Waals surface area (Å²) in [6.45, 7) is 5.99. The van der Waals surface area contributed by atoms with Gasteiger partial charge >= 0.3 is 0 Å². The Bertz CT molecular complexity index is 1090. The molecule has 4 aromatic rings. The Morgan fingerprint density at radius 3 is 1.50 bits per heavy atom. The minimum absolute atomic E-state index is 0.101. The van der Waals surface area contributed by atoms with Crippen LogP contribution in [0.4, 0.5) is 0 Å². The van der Waals surface area contributed by atoms with E-state index in [1.807, 2.05) is 0 Å². The molecule has 1 heterocycles. The molecule has 0 spiro atoms. The minimum atomic E-state index is -1.61. The predicted octanol–water partition coefficient (Wildman–Crippen LogP) is 6.02. The van der Waals surface area contributed by atoms with Crippen LogP contribution in [0.3, 0.4) is 0 Å². The van der Waals surface area contributed by atoms with E-state index in [0.717, 1.165) is 13.1 Å². The summed E-state index contributed by atoms with van der Waals surface area (Å²) in [6.07, 6.45) is 0. The van der Waals surface area contributed by atoms with Gasteiger partial charge < -0.3 is 4.89 Å². The molecule has 5 rings (SSSR count). The maximum atomic E-state index is 13.6. The van der Waals surface area contributed by atoms with Crippen molar-refractivity contribution in [3.63, 3.8) is 0 Å². The molecule has 3 nitrogen and oxygen atoms in total. The Hall–Kier alpha value is -2.29. The Balaban J connectivity index is 1.44. The second-order valence-electron chi connectivity index (χ2n) is 8.07. The van der Waals surface area contributed by atoms with E-state index in [4.69, 9.17) is 0 Å². The zero-order valence-corrected chi connectivity index (χ0v) is 18.3. The average molecular weight is 413 g/mol. The molecule has 4 aromatic carbocycles. The first-order chi connectivity index (χ1) is 14.6. The lowest BCUT2D eigenvalue weighted by molar-refractivity contribution is -0.180. The maximum absolute atomic E-state index is 13.6. The van der Waals surface area contributed by atoms with E-state index in [0.29, 0.717) is 0 Å². The van der Waals surface area contributed by atoms with Crippen molar-refractivity contribution >= 4 is 30.0 Å². The van der Waals surface area contributed by atoms with Crippen LogP contribution in [0.15, 0.2) is 84.9 Å². The van der Waals surface area contributed by atoms with Crippen molar-refractivity contribution in [3.05, 3.63) is 96.1 Å². The van der Waals surface area contributed by atoms with Gasteiger partial charge in [0.15, 0.2) is 0 Å². The van der Waals surface area contributed by atoms with Crippen LogP contribution in [0.5, 0.6) is 0 Å². The summed E-state index contributed by atoms with van der Waals surface area (Å²) in [6, 6.07) is 30.0. The predicted molar refractivity (Wildman–Crippen MR) is 125 cm³/mol. The standard InChI is InChI=1S/C26H26N2OP/c1-19(23-15-7-11-21-9-3-5-13-25(21)23)27-17-18-28(30(27)29)20(2)24-16-8-12-22-10-4-6-14-26(22)24/h3-16,19-20H,17-18H2,1-2H3/q-1/t19-,20-/m1/s1. The van der Waals surface area contributed by atoms with Gasteiger partial charge in [-0.15, -0.1) is 0 Å². The highest BCUT2D eigenvalue weighted by molar-refractivity contribution is 7.45. The van der Waals surface area contributed by atoms with Crippen LogP contribution in [-0.2, 0) is 0 Å². The molecule has 0 N–H and O–H groups in total. The Labute approximate surface area is 179 Å². The monoisotopic (exact) mass is 413 g/mol. The summed E-state index contributed by atoms with van der Waals surface area (Å²) in [5.74, 6) is 0. The van der Waals surface area contributed by atoms with Crippen LogP contribution in [0.2, 0.25) is 0 Å². The molecule has 0 aliphatic carbocycles. The Morgan fingerprint density at radius 1 is 0.633 bits per heavy atom. The van der Waals surface area contributed by atoms with Gasteiger partial charge in [-0.05, 0) is 46.5 Å². The third-order valence-electron chi connectivity index (χ3n) is 6.44. The second-order valence-corrected chi connectivity index (χ2v) is 9.60. The Morgan fingerprint density at radius 2 is 1.03 bits per heavy atom. The van der Waals surface area contributed by atoms with Crippen molar-refractivity contribution in [2.24, 2.45) is 0 Å². The molecule has 0 unspecified atom stereocenters. The lowest BCUT2D eigenvalue weighted by atomic mass is 9.99. The highest BCUT2D eigenvalue weighted by atomic mass is 31.2. The quantitative estimate of drug-likeness (QED) is 0.383. The molecule has 152 valence electrons. The van der Waals surface area contributed by atoms with Gasteiger partial charge in [-0.25, -0.2) is 0 Å². The molecular weight excluding hydrogens is 387 g/mol. The zero-order valence-electron chi connectivity index (χ0n) is 17.4. The molecule has 1 fully saturated rings. The molecule has 1 aliphatic heterocycles. The fourth-order valence-electron chi connectivity index (χ4n) is 4.76. The fourth-order valence-corrected chi connectivity index (χ4v) is 6.42. The molecule has 30 heavy (non-hydrogen) atoms. The first-order valence-corrected chi connectivity index (χ1v) is 11.8. The molecule has 0 saturated carbocycles. The summed E-state index contributed by atoms with van der Waals surface area (Å²) < 4.78 is 4.33. The summed E-state index contributed by atoms with van der Waals surface area (Å²) in [5.41, 5.74) is 2.49. The normalized spacial score (nSPS) is 18.2. The summed E-state index contributed by atoms with van der Waals surface area (Å²) in [4.78, 5) is 13.6. The highest BCUT2D eigenvalue weighted by Crippen LogP contribution is 2.51. The van der Waals surface area contributed by atoms with Crippen LogP contribution in [0.25, 0.3) is 21.5 Å². The van der Waals surface area contributed by atoms with Gasteiger partial charge in [0.2, 0.25) is 0 Å². The Kier molecular flexibility index (Phi) is 5.30. The third-order valence-corrected chi connectivity index (χ3v) is 8.41. The number of hydrogen-bond acceptors (Lipinski definition) is 3.